The van der Waals surface area contributed by atoms with Gasteiger partial charge in [-0.1, -0.05) is 0 Å². The van der Waals surface area contributed by atoms with Gasteiger partial charge in [0.05, 0.1) is 10.5 Å². The van der Waals surface area contributed by atoms with E-state index in [4.69, 9.17) is 5.73 Å². The Kier molecular flexibility index (Phi) is 2.32. The first-order valence-electron chi connectivity index (χ1n) is 3.85. The normalized spacial score (nSPS) is 23.2. The number of anilines is 1. The van der Waals surface area contributed by atoms with Crippen molar-refractivity contribution in [3.8, 4) is 0 Å². The van der Waals surface area contributed by atoms with Crippen molar-refractivity contribution in [2.75, 3.05) is 17.2 Å². The number of aromatic nitrogens is 2. The van der Waals surface area contributed by atoms with Crippen molar-refractivity contribution < 1.29 is 0 Å². The second-order valence-electron chi connectivity index (χ2n) is 2.86. The Hall–Kier alpha value is -0.160. The van der Waals surface area contributed by atoms with Crippen molar-refractivity contribution in [3.63, 3.8) is 0 Å². The van der Waals surface area contributed by atoms with Crippen LogP contribution in [0.25, 0.3) is 0 Å². The number of halogens is 1. The Labute approximate surface area is 83.8 Å². The minimum absolute atomic E-state index is 0.545. The average Bonchev–Trinajstić information content (AvgIpc) is 2.61. The second-order valence-corrected chi connectivity index (χ2v) is 4.86. The molecule has 1 aliphatic heterocycles. The SMILES string of the molecule is Nc1nn(C2CCSC2)cc1Br. The van der Waals surface area contributed by atoms with E-state index in [0.29, 0.717) is 11.9 Å². The maximum Gasteiger partial charge on any atom is 0.159 e. The summed E-state index contributed by atoms with van der Waals surface area (Å²) in [5.41, 5.74) is 5.62. The topological polar surface area (TPSA) is 43.8 Å². The highest BCUT2D eigenvalue weighted by Crippen LogP contribution is 2.29. The molecule has 1 saturated heterocycles. The molecule has 1 aromatic rings. The number of nitrogen functional groups attached to an aromatic ring is 1. The lowest BCUT2D eigenvalue weighted by molar-refractivity contribution is 0.503. The minimum atomic E-state index is 0.545. The molecule has 0 spiro atoms. The van der Waals surface area contributed by atoms with Crippen molar-refractivity contribution in [3.05, 3.63) is 10.7 Å². The Bertz CT molecular complexity index is 261. The first-order chi connectivity index (χ1) is 5.77. The molecule has 0 radical (unpaired) electrons. The zero-order valence-electron chi connectivity index (χ0n) is 6.53. The summed E-state index contributed by atoms with van der Waals surface area (Å²) in [4.78, 5) is 0. The maximum absolute atomic E-state index is 5.62. The quantitative estimate of drug-likeness (QED) is 0.825. The molecule has 66 valence electrons. The number of hydrogen-bond acceptors (Lipinski definition) is 3. The van der Waals surface area contributed by atoms with E-state index >= 15 is 0 Å². The summed E-state index contributed by atoms with van der Waals surface area (Å²) >= 11 is 5.32. The molecule has 1 unspecified atom stereocenters. The van der Waals surface area contributed by atoms with E-state index in [1.165, 1.54) is 12.2 Å². The molecule has 1 aliphatic rings. The fourth-order valence-electron chi connectivity index (χ4n) is 1.30. The number of nitrogens with zero attached hydrogens (tertiary/aromatic N) is 2. The van der Waals surface area contributed by atoms with Crippen LogP contribution in [-0.2, 0) is 0 Å². The van der Waals surface area contributed by atoms with E-state index in [0.717, 1.165) is 10.2 Å². The lowest BCUT2D eigenvalue weighted by atomic mass is 10.3. The van der Waals surface area contributed by atoms with Gasteiger partial charge in [0.15, 0.2) is 5.82 Å². The molecule has 2 N–H and O–H groups in total. The summed E-state index contributed by atoms with van der Waals surface area (Å²) in [5, 5.41) is 4.23. The number of rotatable bonds is 1. The predicted octanol–water partition coefficient (Wildman–Crippen LogP) is 1.91. The van der Waals surface area contributed by atoms with E-state index in [1.54, 1.807) is 0 Å². The molecule has 1 aromatic heterocycles. The van der Waals surface area contributed by atoms with E-state index in [9.17, 15) is 0 Å². The lowest BCUT2D eigenvalue weighted by Gasteiger charge is -2.07. The van der Waals surface area contributed by atoms with Gasteiger partial charge in [-0.25, -0.2) is 0 Å². The molecule has 0 aliphatic carbocycles. The van der Waals surface area contributed by atoms with Gasteiger partial charge < -0.3 is 5.73 Å². The van der Waals surface area contributed by atoms with Crippen molar-refractivity contribution >= 4 is 33.5 Å². The summed E-state index contributed by atoms with van der Waals surface area (Å²) in [7, 11) is 0. The highest BCUT2D eigenvalue weighted by atomic mass is 79.9. The second kappa shape index (κ2) is 3.30. The van der Waals surface area contributed by atoms with E-state index < -0.39 is 0 Å². The van der Waals surface area contributed by atoms with E-state index in [2.05, 4.69) is 21.0 Å². The van der Waals surface area contributed by atoms with Gasteiger partial charge in [0.2, 0.25) is 0 Å². The molecule has 5 heteroatoms. The molecule has 2 rings (SSSR count). The number of nitrogens with two attached hydrogens (primary N) is 1. The first-order valence-corrected chi connectivity index (χ1v) is 5.80. The predicted molar refractivity (Wildman–Crippen MR) is 55.3 cm³/mol. The highest BCUT2D eigenvalue weighted by molar-refractivity contribution is 9.10. The van der Waals surface area contributed by atoms with Crippen LogP contribution in [0.1, 0.15) is 12.5 Å². The molecule has 3 nitrogen and oxygen atoms in total. The van der Waals surface area contributed by atoms with Crippen LogP contribution in [0, 0.1) is 0 Å². The molecule has 0 aromatic carbocycles. The minimum Gasteiger partial charge on any atom is -0.381 e. The molecular weight excluding hydrogens is 238 g/mol. The molecule has 0 amide bonds. The van der Waals surface area contributed by atoms with Crippen LogP contribution in [0.3, 0.4) is 0 Å². The molecular formula is C7H10BrN3S. The van der Waals surface area contributed by atoms with Crippen LogP contribution in [0.15, 0.2) is 10.7 Å². The van der Waals surface area contributed by atoms with E-state index in [1.807, 2.05) is 22.6 Å². The Morgan fingerprint density at radius 1 is 1.75 bits per heavy atom. The van der Waals surface area contributed by atoms with Gasteiger partial charge in [-0.15, -0.1) is 0 Å². The number of hydrogen-bond donors (Lipinski definition) is 1. The average molecular weight is 248 g/mol. The summed E-state index contributed by atoms with van der Waals surface area (Å²) in [6, 6.07) is 0.545. The third-order valence-electron chi connectivity index (χ3n) is 1.99. The van der Waals surface area contributed by atoms with Gasteiger partial charge >= 0.3 is 0 Å². The van der Waals surface area contributed by atoms with Crippen molar-refractivity contribution in [1.29, 1.82) is 0 Å². The summed E-state index contributed by atoms with van der Waals surface area (Å²) in [6.45, 7) is 0. The lowest BCUT2D eigenvalue weighted by Crippen LogP contribution is -2.08. The van der Waals surface area contributed by atoms with Crippen LogP contribution >= 0.6 is 27.7 Å². The van der Waals surface area contributed by atoms with Crippen molar-refractivity contribution in [2.24, 2.45) is 0 Å². The van der Waals surface area contributed by atoms with Gasteiger partial charge in [0.25, 0.3) is 0 Å². The Balaban J connectivity index is 2.21. The van der Waals surface area contributed by atoms with Crippen LogP contribution in [0.2, 0.25) is 0 Å². The van der Waals surface area contributed by atoms with Gasteiger partial charge in [-0.05, 0) is 28.1 Å². The van der Waals surface area contributed by atoms with Gasteiger partial charge in [0, 0.05) is 11.9 Å². The van der Waals surface area contributed by atoms with Gasteiger partial charge in [-0.2, -0.15) is 16.9 Å². The van der Waals surface area contributed by atoms with Crippen LogP contribution in [0.4, 0.5) is 5.82 Å². The van der Waals surface area contributed by atoms with Crippen molar-refractivity contribution in [2.45, 2.75) is 12.5 Å². The fourth-order valence-corrected chi connectivity index (χ4v) is 2.79. The van der Waals surface area contributed by atoms with Crippen LogP contribution in [0.5, 0.6) is 0 Å². The molecule has 0 saturated carbocycles. The molecule has 1 fully saturated rings. The Morgan fingerprint density at radius 2 is 2.58 bits per heavy atom. The zero-order chi connectivity index (χ0) is 8.55. The highest BCUT2D eigenvalue weighted by Gasteiger charge is 2.18. The van der Waals surface area contributed by atoms with Gasteiger partial charge in [-0.3, -0.25) is 4.68 Å². The van der Waals surface area contributed by atoms with Crippen molar-refractivity contribution in [1.82, 2.24) is 9.78 Å². The molecule has 12 heavy (non-hydrogen) atoms. The standard InChI is InChI=1S/C7H10BrN3S/c8-6-3-11(10-7(6)9)5-1-2-12-4-5/h3,5H,1-2,4H2,(H2,9,10). The summed E-state index contributed by atoms with van der Waals surface area (Å²) < 4.78 is 2.87. The third kappa shape index (κ3) is 1.47. The summed E-state index contributed by atoms with van der Waals surface area (Å²) in [6.07, 6.45) is 3.17. The Morgan fingerprint density at radius 3 is 3.08 bits per heavy atom. The fraction of sp³-hybridized carbons (Fsp3) is 0.571. The summed E-state index contributed by atoms with van der Waals surface area (Å²) in [5.74, 6) is 2.99. The first kappa shape index (κ1) is 8.44. The largest absolute Gasteiger partial charge is 0.381 e. The third-order valence-corrected chi connectivity index (χ3v) is 3.75. The molecule has 2 heterocycles. The monoisotopic (exact) mass is 247 g/mol. The number of thioether (sulfide) groups is 1. The zero-order valence-corrected chi connectivity index (χ0v) is 8.94. The van der Waals surface area contributed by atoms with E-state index in [-0.39, 0.29) is 0 Å². The van der Waals surface area contributed by atoms with Crippen LogP contribution < -0.4 is 5.73 Å². The molecule has 0 bridgehead atoms. The smallest absolute Gasteiger partial charge is 0.159 e. The van der Waals surface area contributed by atoms with Crippen LogP contribution in [-0.4, -0.2) is 21.3 Å². The molecule has 1 atom stereocenters. The van der Waals surface area contributed by atoms with Gasteiger partial charge in [0.1, 0.15) is 0 Å². The maximum atomic E-state index is 5.62.